The van der Waals surface area contributed by atoms with Crippen molar-refractivity contribution in [3.05, 3.63) is 36.9 Å². The largest absolute Gasteiger partial charge is 0.333 e. The molecule has 0 aromatic carbocycles. The van der Waals surface area contributed by atoms with E-state index in [1.807, 2.05) is 11.6 Å². The van der Waals surface area contributed by atoms with Crippen LogP contribution in [0.5, 0.6) is 0 Å². The molecular weight excluding hydrogens is 190 g/mol. The van der Waals surface area contributed by atoms with Crippen LogP contribution in [-0.4, -0.2) is 20.3 Å². The molecule has 4 heteroatoms. The molecule has 0 bridgehead atoms. The van der Waals surface area contributed by atoms with Gasteiger partial charge in [-0.25, -0.2) is 4.98 Å². The van der Waals surface area contributed by atoms with Crippen LogP contribution in [0.15, 0.2) is 31.4 Å². The number of hydrogen-bond acceptors (Lipinski definition) is 3. The van der Waals surface area contributed by atoms with Gasteiger partial charge in [0.2, 0.25) is 0 Å². The Morgan fingerprint density at radius 1 is 1.60 bits per heavy atom. The molecular formula is C11H11N3O. The molecule has 15 heavy (non-hydrogen) atoms. The minimum absolute atomic E-state index is 0.0201. The first-order valence-electron chi connectivity index (χ1n) is 4.63. The van der Waals surface area contributed by atoms with Crippen molar-refractivity contribution >= 4 is 16.8 Å². The number of imidazole rings is 1. The molecule has 0 N–H and O–H groups in total. The van der Waals surface area contributed by atoms with Crippen molar-refractivity contribution in [3.8, 4) is 0 Å². The van der Waals surface area contributed by atoms with E-state index < -0.39 is 0 Å². The van der Waals surface area contributed by atoms with E-state index in [9.17, 15) is 4.79 Å². The van der Waals surface area contributed by atoms with Crippen molar-refractivity contribution < 1.29 is 4.79 Å². The van der Waals surface area contributed by atoms with Gasteiger partial charge in [-0.2, -0.15) is 0 Å². The first-order chi connectivity index (χ1) is 7.24. The molecule has 0 amide bonds. The first-order valence-corrected chi connectivity index (χ1v) is 4.63. The molecule has 0 radical (unpaired) electrons. The van der Waals surface area contributed by atoms with E-state index in [0.29, 0.717) is 12.0 Å². The van der Waals surface area contributed by atoms with Crippen molar-refractivity contribution in [2.75, 3.05) is 0 Å². The van der Waals surface area contributed by atoms with E-state index in [1.165, 1.54) is 0 Å². The lowest BCUT2D eigenvalue weighted by Gasteiger charge is -2.01. The summed E-state index contributed by atoms with van der Waals surface area (Å²) in [5.41, 5.74) is 2.18. The highest BCUT2D eigenvalue weighted by atomic mass is 16.1. The summed E-state index contributed by atoms with van der Waals surface area (Å²) in [4.78, 5) is 19.9. The number of hydrogen-bond donors (Lipinski definition) is 0. The number of rotatable bonds is 3. The van der Waals surface area contributed by atoms with Crippen LogP contribution in [0.25, 0.3) is 11.0 Å². The van der Waals surface area contributed by atoms with Crippen molar-refractivity contribution in [2.24, 2.45) is 7.05 Å². The second kappa shape index (κ2) is 3.65. The lowest BCUT2D eigenvalue weighted by atomic mass is 10.1. The number of aromatic nitrogens is 3. The second-order valence-electron chi connectivity index (χ2n) is 3.33. The van der Waals surface area contributed by atoms with Gasteiger partial charge in [-0.3, -0.25) is 9.78 Å². The minimum atomic E-state index is 0.0201. The average Bonchev–Trinajstić information content (AvgIpc) is 2.61. The Morgan fingerprint density at radius 2 is 2.40 bits per heavy atom. The van der Waals surface area contributed by atoms with Crippen LogP contribution in [0.1, 0.15) is 16.8 Å². The summed E-state index contributed by atoms with van der Waals surface area (Å²) in [5, 5.41) is 0. The Morgan fingerprint density at radius 3 is 3.13 bits per heavy atom. The summed E-state index contributed by atoms with van der Waals surface area (Å²) < 4.78 is 1.83. The molecule has 0 spiro atoms. The maximum absolute atomic E-state index is 11.8. The maximum Gasteiger partial charge on any atom is 0.170 e. The van der Waals surface area contributed by atoms with Crippen LogP contribution in [0.4, 0.5) is 0 Å². The fraction of sp³-hybridized carbons (Fsp3) is 0.182. The predicted octanol–water partition coefficient (Wildman–Crippen LogP) is 1.73. The highest BCUT2D eigenvalue weighted by molar-refractivity contribution is 6.06. The number of carbonyl (C=O) groups is 1. The SMILES string of the molecule is C=CCC(=O)c1cncc2ncn(C)c12. The van der Waals surface area contributed by atoms with E-state index in [0.717, 1.165) is 11.0 Å². The number of ketones is 1. The summed E-state index contributed by atoms with van der Waals surface area (Å²) in [6, 6.07) is 0. The zero-order valence-corrected chi connectivity index (χ0v) is 8.47. The second-order valence-corrected chi connectivity index (χ2v) is 3.33. The van der Waals surface area contributed by atoms with Gasteiger partial charge >= 0.3 is 0 Å². The molecule has 0 saturated carbocycles. The van der Waals surface area contributed by atoms with Crippen LogP contribution in [-0.2, 0) is 7.05 Å². The Hall–Kier alpha value is -1.97. The van der Waals surface area contributed by atoms with E-state index in [2.05, 4.69) is 16.5 Å². The minimum Gasteiger partial charge on any atom is -0.333 e. The molecule has 2 aromatic rings. The molecule has 0 saturated heterocycles. The van der Waals surface area contributed by atoms with E-state index in [-0.39, 0.29) is 5.78 Å². The Balaban J connectivity index is 2.64. The Labute approximate surface area is 87.3 Å². The lowest BCUT2D eigenvalue weighted by Crippen LogP contribution is -2.01. The van der Waals surface area contributed by atoms with Crippen LogP contribution in [0.2, 0.25) is 0 Å². The van der Waals surface area contributed by atoms with Gasteiger partial charge in [0, 0.05) is 19.7 Å². The van der Waals surface area contributed by atoms with Crippen LogP contribution >= 0.6 is 0 Å². The van der Waals surface area contributed by atoms with Gasteiger partial charge in [-0.05, 0) is 0 Å². The topological polar surface area (TPSA) is 47.8 Å². The molecule has 2 heterocycles. The van der Waals surface area contributed by atoms with Gasteiger partial charge in [0.25, 0.3) is 0 Å². The zero-order valence-electron chi connectivity index (χ0n) is 8.47. The number of nitrogens with zero attached hydrogens (tertiary/aromatic N) is 3. The summed E-state index contributed by atoms with van der Waals surface area (Å²) >= 11 is 0. The number of allylic oxidation sites excluding steroid dienone is 1. The molecule has 76 valence electrons. The highest BCUT2D eigenvalue weighted by Crippen LogP contribution is 2.16. The molecule has 0 aliphatic rings. The molecule has 0 aliphatic heterocycles. The molecule has 0 atom stereocenters. The summed E-state index contributed by atoms with van der Waals surface area (Å²) in [6.45, 7) is 3.55. The summed E-state index contributed by atoms with van der Waals surface area (Å²) in [7, 11) is 1.86. The van der Waals surface area contributed by atoms with Crippen molar-refractivity contribution in [1.82, 2.24) is 14.5 Å². The van der Waals surface area contributed by atoms with E-state index in [1.54, 1.807) is 24.8 Å². The molecule has 0 aliphatic carbocycles. The maximum atomic E-state index is 11.8. The molecule has 2 aromatic heterocycles. The number of Topliss-reactive ketones (excluding diaryl/α,β-unsaturated/α-hetero) is 1. The third-order valence-electron chi connectivity index (χ3n) is 2.25. The van der Waals surface area contributed by atoms with E-state index >= 15 is 0 Å². The smallest absolute Gasteiger partial charge is 0.170 e. The average molecular weight is 201 g/mol. The van der Waals surface area contributed by atoms with Crippen molar-refractivity contribution in [2.45, 2.75) is 6.42 Å². The van der Waals surface area contributed by atoms with Gasteiger partial charge in [0.15, 0.2) is 5.78 Å². The molecule has 2 rings (SSSR count). The number of carbonyl (C=O) groups excluding carboxylic acids is 1. The number of fused-ring (bicyclic) bond motifs is 1. The highest BCUT2D eigenvalue weighted by Gasteiger charge is 2.12. The quantitative estimate of drug-likeness (QED) is 0.561. The molecule has 4 nitrogen and oxygen atoms in total. The van der Waals surface area contributed by atoms with Gasteiger partial charge in [0.1, 0.15) is 5.52 Å². The van der Waals surface area contributed by atoms with Gasteiger partial charge in [-0.1, -0.05) is 6.08 Å². The van der Waals surface area contributed by atoms with Crippen molar-refractivity contribution in [1.29, 1.82) is 0 Å². The third-order valence-corrected chi connectivity index (χ3v) is 2.25. The van der Waals surface area contributed by atoms with Gasteiger partial charge < -0.3 is 4.57 Å². The molecule has 0 unspecified atom stereocenters. The molecule has 0 fully saturated rings. The van der Waals surface area contributed by atoms with Crippen LogP contribution in [0.3, 0.4) is 0 Å². The third kappa shape index (κ3) is 1.54. The van der Waals surface area contributed by atoms with E-state index in [4.69, 9.17) is 0 Å². The monoisotopic (exact) mass is 201 g/mol. The lowest BCUT2D eigenvalue weighted by molar-refractivity contribution is 0.0997. The van der Waals surface area contributed by atoms with Gasteiger partial charge in [-0.15, -0.1) is 6.58 Å². The van der Waals surface area contributed by atoms with Gasteiger partial charge in [0.05, 0.1) is 23.6 Å². The summed E-state index contributed by atoms with van der Waals surface area (Å²) in [6.07, 6.45) is 6.83. The Kier molecular flexibility index (Phi) is 2.33. The number of pyridine rings is 1. The fourth-order valence-corrected chi connectivity index (χ4v) is 1.56. The predicted molar refractivity (Wildman–Crippen MR) is 57.7 cm³/mol. The summed E-state index contributed by atoms with van der Waals surface area (Å²) in [5.74, 6) is 0.0201. The van der Waals surface area contributed by atoms with Crippen molar-refractivity contribution in [3.63, 3.8) is 0 Å². The normalized spacial score (nSPS) is 10.5. The van der Waals surface area contributed by atoms with Crippen LogP contribution < -0.4 is 0 Å². The zero-order chi connectivity index (χ0) is 10.8. The standard InChI is InChI=1S/C11H11N3O/c1-3-4-10(15)8-5-12-6-9-11(8)14(2)7-13-9/h3,5-7H,1,4H2,2H3. The fourth-order valence-electron chi connectivity index (χ4n) is 1.56. The number of aryl methyl sites for hydroxylation is 1. The Bertz CT molecular complexity index is 528. The first kappa shape index (κ1) is 9.58. The van der Waals surface area contributed by atoms with Crippen LogP contribution in [0, 0.1) is 0 Å².